The van der Waals surface area contributed by atoms with Gasteiger partial charge >= 0.3 is 0 Å². The minimum atomic E-state index is -0.889. The third kappa shape index (κ3) is 3.45. The standard InChI is InChI=1S/C21H23NO6/c1-12-13(2)20-18(14(3)19(12)22(25)26)17(24)9-21(4,28-20)11-27-16-7-5-15(10-23)6-8-16/h5-8,23H,9-11H2,1-4H3. The number of carbonyl (C=O) groups is 1. The highest BCUT2D eigenvalue weighted by atomic mass is 16.6. The van der Waals surface area contributed by atoms with Crippen molar-refractivity contribution in [3.05, 3.63) is 62.2 Å². The molecule has 7 heteroatoms. The molecule has 1 atom stereocenters. The molecule has 1 aliphatic rings. The Bertz CT molecular complexity index is 951. The van der Waals surface area contributed by atoms with E-state index in [4.69, 9.17) is 14.6 Å². The van der Waals surface area contributed by atoms with Gasteiger partial charge in [-0.1, -0.05) is 12.1 Å². The Kier molecular flexibility index (Phi) is 5.12. The number of nitro benzene ring substituents is 1. The average Bonchev–Trinajstić information content (AvgIpc) is 2.64. The summed E-state index contributed by atoms with van der Waals surface area (Å²) in [6.45, 7) is 6.88. The summed E-state index contributed by atoms with van der Waals surface area (Å²) in [6, 6.07) is 7.01. The third-order valence-corrected chi connectivity index (χ3v) is 5.21. The van der Waals surface area contributed by atoms with Crippen LogP contribution in [-0.2, 0) is 6.61 Å². The Hall–Kier alpha value is -2.93. The first-order chi connectivity index (χ1) is 13.2. The number of aliphatic hydroxyl groups excluding tert-OH is 1. The Balaban J connectivity index is 1.90. The van der Waals surface area contributed by atoms with Crippen molar-refractivity contribution < 1.29 is 24.3 Å². The molecule has 0 aromatic heterocycles. The van der Waals surface area contributed by atoms with Crippen LogP contribution in [0.25, 0.3) is 0 Å². The molecule has 2 aromatic rings. The first-order valence-electron chi connectivity index (χ1n) is 9.00. The molecular formula is C21H23NO6. The van der Waals surface area contributed by atoms with Crippen molar-refractivity contribution in [3.8, 4) is 11.5 Å². The van der Waals surface area contributed by atoms with E-state index in [1.54, 1.807) is 52.0 Å². The molecule has 0 spiro atoms. The van der Waals surface area contributed by atoms with E-state index in [1.807, 2.05) is 0 Å². The molecule has 1 aliphatic heterocycles. The van der Waals surface area contributed by atoms with Gasteiger partial charge in [0.15, 0.2) is 5.78 Å². The summed E-state index contributed by atoms with van der Waals surface area (Å²) in [4.78, 5) is 23.9. The minimum Gasteiger partial charge on any atom is -0.489 e. The van der Waals surface area contributed by atoms with Crippen LogP contribution in [0.1, 0.15) is 46.0 Å². The lowest BCUT2D eigenvalue weighted by molar-refractivity contribution is -0.386. The van der Waals surface area contributed by atoms with Crippen LogP contribution < -0.4 is 9.47 Å². The zero-order valence-corrected chi connectivity index (χ0v) is 16.4. The Morgan fingerprint density at radius 2 is 1.82 bits per heavy atom. The van der Waals surface area contributed by atoms with E-state index >= 15 is 0 Å². The van der Waals surface area contributed by atoms with Crippen LogP contribution in [0.3, 0.4) is 0 Å². The van der Waals surface area contributed by atoms with Crippen LogP contribution in [0.15, 0.2) is 24.3 Å². The van der Waals surface area contributed by atoms with Gasteiger partial charge in [-0.2, -0.15) is 0 Å². The van der Waals surface area contributed by atoms with Gasteiger partial charge in [0.25, 0.3) is 5.69 Å². The molecule has 0 saturated carbocycles. The van der Waals surface area contributed by atoms with Crippen molar-refractivity contribution in [3.63, 3.8) is 0 Å². The minimum absolute atomic E-state index is 0.0305. The Morgan fingerprint density at radius 3 is 2.39 bits per heavy atom. The second-order valence-electron chi connectivity index (χ2n) is 7.43. The molecule has 1 N–H and O–H groups in total. The highest BCUT2D eigenvalue weighted by molar-refractivity contribution is 6.03. The van der Waals surface area contributed by atoms with Crippen LogP contribution >= 0.6 is 0 Å². The zero-order chi connectivity index (χ0) is 20.6. The molecular weight excluding hydrogens is 362 g/mol. The molecule has 0 aliphatic carbocycles. The SMILES string of the molecule is Cc1c(C)c([N+](=O)[O-])c(C)c2c1OC(C)(COc1ccc(CO)cc1)CC2=O. The zero-order valence-electron chi connectivity index (χ0n) is 16.4. The van der Waals surface area contributed by atoms with E-state index in [0.717, 1.165) is 5.56 Å². The van der Waals surface area contributed by atoms with Crippen LogP contribution in [0.4, 0.5) is 5.69 Å². The highest BCUT2D eigenvalue weighted by Gasteiger charge is 2.41. The number of fused-ring (bicyclic) bond motifs is 1. The van der Waals surface area contributed by atoms with Crippen molar-refractivity contribution in [2.45, 2.75) is 46.3 Å². The van der Waals surface area contributed by atoms with Crippen molar-refractivity contribution in [1.29, 1.82) is 0 Å². The van der Waals surface area contributed by atoms with Gasteiger partial charge in [0.05, 0.1) is 23.5 Å². The largest absolute Gasteiger partial charge is 0.489 e. The number of nitrogens with zero attached hydrogens (tertiary/aromatic N) is 1. The fraction of sp³-hybridized carbons (Fsp3) is 0.381. The Morgan fingerprint density at radius 1 is 1.18 bits per heavy atom. The molecule has 0 amide bonds. The van der Waals surface area contributed by atoms with E-state index in [9.17, 15) is 14.9 Å². The van der Waals surface area contributed by atoms with E-state index < -0.39 is 10.5 Å². The molecule has 148 valence electrons. The fourth-order valence-corrected chi connectivity index (χ4v) is 3.56. The third-order valence-electron chi connectivity index (χ3n) is 5.21. The van der Waals surface area contributed by atoms with Gasteiger partial charge in [-0.15, -0.1) is 0 Å². The van der Waals surface area contributed by atoms with Crippen molar-refractivity contribution in [2.75, 3.05) is 6.61 Å². The number of nitro groups is 1. The maximum Gasteiger partial charge on any atom is 0.276 e. The van der Waals surface area contributed by atoms with Gasteiger partial charge in [-0.25, -0.2) is 0 Å². The summed E-state index contributed by atoms with van der Waals surface area (Å²) >= 11 is 0. The lowest BCUT2D eigenvalue weighted by Crippen LogP contribution is -2.45. The quantitative estimate of drug-likeness (QED) is 0.621. The molecule has 0 saturated heterocycles. The predicted octanol–water partition coefficient (Wildman–Crippen LogP) is 3.82. The summed E-state index contributed by atoms with van der Waals surface area (Å²) in [6.07, 6.45) is 0.0647. The normalized spacial score (nSPS) is 18.4. The average molecular weight is 385 g/mol. The first kappa shape index (κ1) is 19.8. The van der Waals surface area contributed by atoms with Gasteiger partial charge < -0.3 is 14.6 Å². The lowest BCUT2D eigenvalue weighted by Gasteiger charge is -2.36. The fourth-order valence-electron chi connectivity index (χ4n) is 3.56. The molecule has 1 heterocycles. The lowest BCUT2D eigenvalue weighted by atomic mass is 9.86. The van der Waals surface area contributed by atoms with Crippen molar-refractivity contribution in [2.24, 2.45) is 0 Å². The maximum absolute atomic E-state index is 12.9. The van der Waals surface area contributed by atoms with Crippen LogP contribution in [0.5, 0.6) is 11.5 Å². The van der Waals surface area contributed by atoms with E-state index in [0.29, 0.717) is 33.8 Å². The number of ether oxygens (including phenoxy) is 2. The molecule has 0 bridgehead atoms. The number of ketones is 1. The number of hydrogen-bond acceptors (Lipinski definition) is 6. The van der Waals surface area contributed by atoms with Crippen molar-refractivity contribution in [1.82, 2.24) is 0 Å². The number of Topliss-reactive ketones (excluding diaryl/α,β-unsaturated/α-hetero) is 1. The monoisotopic (exact) mass is 385 g/mol. The molecule has 7 nitrogen and oxygen atoms in total. The number of aliphatic hydroxyl groups is 1. The number of carbonyl (C=O) groups excluding carboxylic acids is 1. The van der Waals surface area contributed by atoms with E-state index in [1.165, 1.54) is 0 Å². The second kappa shape index (κ2) is 7.24. The van der Waals surface area contributed by atoms with Crippen molar-refractivity contribution >= 4 is 11.5 Å². The molecule has 3 rings (SSSR count). The van der Waals surface area contributed by atoms with Crippen LogP contribution in [0, 0.1) is 30.9 Å². The van der Waals surface area contributed by atoms with E-state index in [2.05, 4.69) is 0 Å². The first-order valence-corrected chi connectivity index (χ1v) is 9.00. The topological polar surface area (TPSA) is 98.9 Å². The maximum atomic E-state index is 12.9. The summed E-state index contributed by atoms with van der Waals surface area (Å²) in [7, 11) is 0. The molecule has 2 aromatic carbocycles. The van der Waals surface area contributed by atoms with Crippen LogP contribution in [-0.4, -0.2) is 28.0 Å². The smallest absolute Gasteiger partial charge is 0.276 e. The molecule has 0 fully saturated rings. The molecule has 1 unspecified atom stereocenters. The number of benzene rings is 2. The summed E-state index contributed by atoms with van der Waals surface area (Å²) < 4.78 is 12.0. The van der Waals surface area contributed by atoms with Gasteiger partial charge in [0.2, 0.25) is 0 Å². The Labute approximate surface area is 163 Å². The summed E-state index contributed by atoms with van der Waals surface area (Å²) in [5.74, 6) is 0.818. The summed E-state index contributed by atoms with van der Waals surface area (Å²) in [5.41, 5.74) is 1.59. The molecule has 28 heavy (non-hydrogen) atoms. The number of hydrogen-bond donors (Lipinski definition) is 1. The highest BCUT2D eigenvalue weighted by Crippen LogP contribution is 2.43. The van der Waals surface area contributed by atoms with Gasteiger partial charge in [0, 0.05) is 16.7 Å². The second-order valence-corrected chi connectivity index (χ2v) is 7.43. The van der Waals surface area contributed by atoms with Gasteiger partial charge in [-0.3, -0.25) is 14.9 Å². The van der Waals surface area contributed by atoms with E-state index in [-0.39, 0.29) is 31.1 Å². The number of rotatable bonds is 5. The predicted molar refractivity (Wildman–Crippen MR) is 103 cm³/mol. The summed E-state index contributed by atoms with van der Waals surface area (Å²) in [5, 5.41) is 20.5. The van der Waals surface area contributed by atoms with Gasteiger partial charge in [0.1, 0.15) is 23.7 Å². The van der Waals surface area contributed by atoms with Crippen LogP contribution in [0.2, 0.25) is 0 Å². The van der Waals surface area contributed by atoms with Gasteiger partial charge in [-0.05, 0) is 45.4 Å². The molecule has 0 radical (unpaired) electrons.